The summed E-state index contributed by atoms with van der Waals surface area (Å²) in [5, 5.41) is 0.00988. The first-order valence-corrected chi connectivity index (χ1v) is 6.31. The lowest BCUT2D eigenvalue weighted by molar-refractivity contribution is 0.0992. The molecule has 0 amide bonds. The van der Waals surface area contributed by atoms with Crippen LogP contribution in [0.25, 0.3) is 0 Å². The topological polar surface area (TPSA) is 30.0 Å². The summed E-state index contributed by atoms with van der Waals surface area (Å²) in [6.07, 6.45) is 3.42. The Hall–Kier alpha value is -1.26. The van der Waals surface area contributed by atoms with Crippen molar-refractivity contribution in [3.63, 3.8) is 0 Å². The van der Waals surface area contributed by atoms with Gasteiger partial charge in [-0.15, -0.1) is 0 Å². The van der Waals surface area contributed by atoms with E-state index in [-0.39, 0.29) is 17.2 Å². The molecule has 18 heavy (non-hydrogen) atoms. The first kappa shape index (κ1) is 13.2. The van der Waals surface area contributed by atoms with Crippen molar-refractivity contribution in [2.24, 2.45) is 0 Å². The van der Waals surface area contributed by atoms with Gasteiger partial charge in [-0.2, -0.15) is 0 Å². The number of aromatic nitrogens is 1. The summed E-state index contributed by atoms with van der Waals surface area (Å²) in [7, 11) is 0. The molecule has 0 saturated carbocycles. The molecular formula is C13H8BrClFNO. The standard InChI is InChI=1S/C13H8BrClFNO/c14-10-3-8(6-17-7-10)4-13(18)9-1-2-11(15)12(16)5-9/h1-3,5-7H,4H2. The van der Waals surface area contributed by atoms with Crippen LogP contribution in [0, 0.1) is 5.82 Å². The summed E-state index contributed by atoms with van der Waals surface area (Å²) in [4.78, 5) is 15.9. The molecule has 0 spiro atoms. The average Bonchev–Trinajstić information content (AvgIpc) is 2.32. The average molecular weight is 329 g/mol. The molecule has 2 aromatic rings. The van der Waals surface area contributed by atoms with Crippen LogP contribution in [0.3, 0.4) is 0 Å². The van der Waals surface area contributed by atoms with E-state index < -0.39 is 5.82 Å². The van der Waals surface area contributed by atoms with Crippen LogP contribution in [-0.4, -0.2) is 10.8 Å². The summed E-state index contributed by atoms with van der Waals surface area (Å²) in [5.74, 6) is -0.764. The molecule has 1 heterocycles. The summed E-state index contributed by atoms with van der Waals surface area (Å²) < 4.78 is 14.0. The quantitative estimate of drug-likeness (QED) is 0.795. The molecule has 5 heteroatoms. The van der Waals surface area contributed by atoms with Gasteiger partial charge >= 0.3 is 0 Å². The number of Topliss-reactive ketones (excluding diaryl/α,β-unsaturated/α-hetero) is 1. The van der Waals surface area contributed by atoms with E-state index in [9.17, 15) is 9.18 Å². The highest BCUT2D eigenvalue weighted by atomic mass is 79.9. The van der Waals surface area contributed by atoms with Crippen LogP contribution in [0.1, 0.15) is 15.9 Å². The Kier molecular flexibility index (Phi) is 4.09. The van der Waals surface area contributed by atoms with E-state index in [0.717, 1.165) is 16.1 Å². The second-order valence-corrected chi connectivity index (χ2v) is 5.06. The van der Waals surface area contributed by atoms with Gasteiger partial charge in [0.1, 0.15) is 5.82 Å². The number of hydrogen-bond donors (Lipinski definition) is 0. The van der Waals surface area contributed by atoms with Crippen molar-refractivity contribution >= 4 is 33.3 Å². The third-order valence-electron chi connectivity index (χ3n) is 2.37. The van der Waals surface area contributed by atoms with Crippen molar-refractivity contribution in [3.05, 3.63) is 63.1 Å². The van der Waals surface area contributed by atoms with Gasteiger partial charge < -0.3 is 0 Å². The largest absolute Gasteiger partial charge is 0.294 e. The molecule has 0 aliphatic carbocycles. The number of nitrogens with zero attached hydrogens (tertiary/aromatic N) is 1. The molecule has 1 aromatic heterocycles. The van der Waals surface area contributed by atoms with Crippen LogP contribution >= 0.6 is 27.5 Å². The second kappa shape index (κ2) is 5.59. The van der Waals surface area contributed by atoms with Crippen LogP contribution < -0.4 is 0 Å². The molecule has 0 N–H and O–H groups in total. The van der Waals surface area contributed by atoms with Gasteiger partial charge in [0.05, 0.1) is 5.02 Å². The number of carbonyl (C=O) groups is 1. The molecule has 2 nitrogen and oxygen atoms in total. The zero-order valence-electron chi connectivity index (χ0n) is 9.16. The summed E-state index contributed by atoms with van der Waals surface area (Å²) in [5.41, 5.74) is 1.07. The fourth-order valence-electron chi connectivity index (χ4n) is 1.51. The van der Waals surface area contributed by atoms with Gasteiger partial charge in [0, 0.05) is 28.9 Å². The molecule has 0 saturated heterocycles. The highest BCUT2D eigenvalue weighted by molar-refractivity contribution is 9.10. The van der Waals surface area contributed by atoms with Crippen molar-refractivity contribution < 1.29 is 9.18 Å². The van der Waals surface area contributed by atoms with Crippen LogP contribution in [0.2, 0.25) is 5.02 Å². The van der Waals surface area contributed by atoms with Gasteiger partial charge in [-0.05, 0) is 45.8 Å². The number of hydrogen-bond acceptors (Lipinski definition) is 2. The van der Waals surface area contributed by atoms with E-state index in [2.05, 4.69) is 20.9 Å². The van der Waals surface area contributed by atoms with Gasteiger partial charge in [-0.1, -0.05) is 11.6 Å². The predicted molar refractivity (Wildman–Crippen MR) is 71.4 cm³/mol. The maximum Gasteiger partial charge on any atom is 0.167 e. The SMILES string of the molecule is O=C(Cc1cncc(Br)c1)c1ccc(Cl)c(F)c1. The minimum absolute atomic E-state index is 0.00988. The van der Waals surface area contributed by atoms with Crippen molar-refractivity contribution in [1.82, 2.24) is 4.98 Å². The predicted octanol–water partition coefficient (Wildman–Crippen LogP) is 4.06. The van der Waals surface area contributed by atoms with Gasteiger partial charge in [-0.3, -0.25) is 9.78 Å². The molecule has 0 atom stereocenters. The minimum atomic E-state index is -0.588. The summed E-state index contributed by atoms with van der Waals surface area (Å²) in [6.45, 7) is 0. The van der Waals surface area contributed by atoms with E-state index in [4.69, 9.17) is 11.6 Å². The summed E-state index contributed by atoms with van der Waals surface area (Å²) in [6, 6.07) is 5.84. The highest BCUT2D eigenvalue weighted by Gasteiger charge is 2.10. The molecule has 1 aromatic carbocycles. The smallest absolute Gasteiger partial charge is 0.167 e. The molecule has 0 aliphatic rings. The fourth-order valence-corrected chi connectivity index (χ4v) is 2.04. The zero-order chi connectivity index (χ0) is 13.1. The van der Waals surface area contributed by atoms with E-state index in [1.165, 1.54) is 12.1 Å². The number of benzene rings is 1. The van der Waals surface area contributed by atoms with Gasteiger partial charge in [0.2, 0.25) is 0 Å². The molecule has 2 rings (SSSR count). The van der Waals surface area contributed by atoms with Crippen molar-refractivity contribution in [3.8, 4) is 0 Å². The fraction of sp³-hybridized carbons (Fsp3) is 0.0769. The zero-order valence-corrected chi connectivity index (χ0v) is 11.5. The minimum Gasteiger partial charge on any atom is -0.294 e. The van der Waals surface area contributed by atoms with E-state index in [1.54, 1.807) is 18.5 Å². The Labute approximate surface area is 117 Å². The molecule has 0 fully saturated rings. The van der Waals surface area contributed by atoms with Crippen LogP contribution in [0.15, 0.2) is 41.1 Å². The number of ketones is 1. The Morgan fingerprint density at radius 1 is 1.33 bits per heavy atom. The summed E-state index contributed by atoms with van der Waals surface area (Å²) >= 11 is 8.84. The monoisotopic (exact) mass is 327 g/mol. The highest BCUT2D eigenvalue weighted by Crippen LogP contribution is 2.17. The maximum absolute atomic E-state index is 13.2. The van der Waals surface area contributed by atoms with Crippen molar-refractivity contribution in [2.45, 2.75) is 6.42 Å². The van der Waals surface area contributed by atoms with E-state index in [1.807, 2.05) is 0 Å². The molecule has 0 aliphatic heterocycles. The molecular weight excluding hydrogens is 321 g/mol. The number of pyridine rings is 1. The Morgan fingerprint density at radius 3 is 2.78 bits per heavy atom. The lowest BCUT2D eigenvalue weighted by Crippen LogP contribution is -2.04. The van der Waals surface area contributed by atoms with Crippen LogP contribution in [0.4, 0.5) is 4.39 Å². The molecule has 0 radical (unpaired) electrons. The molecule has 0 unspecified atom stereocenters. The number of carbonyl (C=O) groups excluding carboxylic acids is 1. The third kappa shape index (κ3) is 3.15. The van der Waals surface area contributed by atoms with Gasteiger partial charge in [0.15, 0.2) is 5.78 Å². The normalized spacial score (nSPS) is 10.4. The first-order chi connectivity index (χ1) is 8.56. The Balaban J connectivity index is 2.19. The lowest BCUT2D eigenvalue weighted by atomic mass is 10.0. The maximum atomic E-state index is 13.2. The van der Waals surface area contributed by atoms with Crippen LogP contribution in [0.5, 0.6) is 0 Å². The third-order valence-corrected chi connectivity index (χ3v) is 3.11. The molecule has 0 bridgehead atoms. The number of rotatable bonds is 3. The Bertz CT molecular complexity index is 603. The van der Waals surface area contributed by atoms with Crippen molar-refractivity contribution in [1.29, 1.82) is 0 Å². The molecule has 92 valence electrons. The number of halogens is 3. The first-order valence-electron chi connectivity index (χ1n) is 5.14. The van der Waals surface area contributed by atoms with Gasteiger partial charge in [0.25, 0.3) is 0 Å². The Morgan fingerprint density at radius 2 is 2.11 bits per heavy atom. The van der Waals surface area contributed by atoms with E-state index in [0.29, 0.717) is 5.56 Å². The van der Waals surface area contributed by atoms with Crippen LogP contribution in [-0.2, 0) is 6.42 Å². The van der Waals surface area contributed by atoms with Gasteiger partial charge in [-0.25, -0.2) is 4.39 Å². The second-order valence-electron chi connectivity index (χ2n) is 3.74. The van der Waals surface area contributed by atoms with Crippen molar-refractivity contribution in [2.75, 3.05) is 0 Å². The van der Waals surface area contributed by atoms with E-state index >= 15 is 0 Å². The lowest BCUT2D eigenvalue weighted by Gasteiger charge is -2.03.